The third-order valence-electron chi connectivity index (χ3n) is 5.87. The van der Waals surface area contributed by atoms with Gasteiger partial charge in [-0.25, -0.2) is 0 Å². The van der Waals surface area contributed by atoms with E-state index in [-0.39, 0.29) is 12.0 Å². The van der Waals surface area contributed by atoms with Crippen LogP contribution in [-0.4, -0.2) is 54.0 Å². The van der Waals surface area contributed by atoms with Crippen molar-refractivity contribution in [3.8, 4) is 0 Å². The number of allylic oxidation sites excluding steroid dienone is 1. The zero-order valence-corrected chi connectivity index (χ0v) is 15.8. The van der Waals surface area contributed by atoms with E-state index in [1.54, 1.807) is 11.8 Å². The molecule has 2 N–H and O–H groups in total. The average Bonchev–Trinajstić information content (AvgIpc) is 2.59. The van der Waals surface area contributed by atoms with Gasteiger partial charge in [0.1, 0.15) is 17.6 Å². The van der Waals surface area contributed by atoms with Crippen molar-refractivity contribution in [1.82, 2.24) is 9.80 Å². The van der Waals surface area contributed by atoms with Crippen LogP contribution in [0.25, 0.3) is 0 Å². The lowest BCUT2D eigenvalue weighted by molar-refractivity contribution is -0.539. The molecule has 0 radical (unpaired) electrons. The first-order chi connectivity index (χ1) is 12.6. The normalized spacial score (nSPS) is 23.4. The molecule has 0 aromatic heterocycles. The predicted molar refractivity (Wildman–Crippen MR) is 101 cm³/mol. The highest BCUT2D eigenvalue weighted by Gasteiger charge is 2.29. The van der Waals surface area contributed by atoms with Crippen molar-refractivity contribution in [2.75, 3.05) is 26.2 Å². The summed E-state index contributed by atoms with van der Waals surface area (Å²) in [7, 11) is 0. The van der Waals surface area contributed by atoms with E-state index in [4.69, 9.17) is 4.74 Å². The van der Waals surface area contributed by atoms with Gasteiger partial charge in [0.05, 0.1) is 6.54 Å². The Morgan fingerprint density at radius 3 is 2.58 bits per heavy atom. The fraction of sp³-hybridized carbons (Fsp3) is 0.650. The number of piperidine rings is 1. The average molecular weight is 361 g/mol. The Morgan fingerprint density at radius 2 is 2.00 bits per heavy atom. The molecule has 1 saturated carbocycles. The van der Waals surface area contributed by atoms with Gasteiger partial charge >= 0.3 is 0 Å². The van der Waals surface area contributed by atoms with Crippen LogP contribution in [0.2, 0.25) is 0 Å². The van der Waals surface area contributed by atoms with E-state index >= 15 is 0 Å². The fourth-order valence-corrected chi connectivity index (χ4v) is 3.92. The van der Waals surface area contributed by atoms with Crippen LogP contribution < -0.4 is 5.48 Å². The Balaban J connectivity index is 1.49. The van der Waals surface area contributed by atoms with Crippen LogP contribution in [0.5, 0.6) is 0 Å². The van der Waals surface area contributed by atoms with E-state index in [1.807, 2.05) is 12.2 Å². The highest BCUT2D eigenvalue weighted by Crippen LogP contribution is 2.28. The molecule has 0 aromatic carbocycles. The van der Waals surface area contributed by atoms with Crippen LogP contribution >= 0.6 is 0 Å². The molecule has 6 heteroatoms. The Kier molecular flexibility index (Phi) is 6.51. The number of rotatable bonds is 6. The number of nitrogens with two attached hydrogens (primary N) is 1. The lowest BCUT2D eigenvalue weighted by atomic mass is 9.90. The van der Waals surface area contributed by atoms with Gasteiger partial charge in [0.25, 0.3) is 0 Å². The molecule has 2 fully saturated rings. The second-order valence-corrected chi connectivity index (χ2v) is 7.60. The molecule has 2 aliphatic heterocycles. The number of amides is 1. The SMILES string of the molecule is C=C(/C=C\C1=C([NH2+][O-])CCN(C(C)=O)C1)OC1CCN(C2CCC2)CC1. The monoisotopic (exact) mass is 361 g/mol. The molecule has 0 unspecified atom stereocenters. The number of hydrogen-bond donors (Lipinski definition) is 1. The molecule has 0 spiro atoms. The lowest BCUT2D eigenvalue weighted by Gasteiger charge is -2.41. The molecule has 6 nitrogen and oxygen atoms in total. The van der Waals surface area contributed by atoms with Gasteiger partial charge in [0, 0.05) is 44.6 Å². The number of likely N-dealkylation sites (tertiary alicyclic amines) is 1. The lowest BCUT2D eigenvalue weighted by Crippen LogP contribution is -2.76. The van der Waals surface area contributed by atoms with Crippen molar-refractivity contribution in [3.05, 3.63) is 41.0 Å². The molecule has 3 aliphatic rings. The van der Waals surface area contributed by atoms with Gasteiger partial charge in [-0.1, -0.05) is 13.0 Å². The maximum Gasteiger partial charge on any atom is 0.219 e. The van der Waals surface area contributed by atoms with Crippen molar-refractivity contribution < 1.29 is 15.0 Å². The van der Waals surface area contributed by atoms with E-state index < -0.39 is 0 Å². The minimum absolute atomic E-state index is 0.0362. The summed E-state index contributed by atoms with van der Waals surface area (Å²) in [6, 6.07) is 0.809. The van der Waals surface area contributed by atoms with E-state index in [1.165, 1.54) is 19.3 Å². The summed E-state index contributed by atoms with van der Waals surface area (Å²) in [5.41, 5.74) is 2.54. The molecular formula is C20H31N3O3. The standard InChI is InChI=1S/C20H31N3O3/c1-15(26-19-8-11-22(12-9-19)18-4-3-5-18)6-7-17-14-23(16(2)24)13-10-20(17)21-25/h6-7,18-19H,1,3-5,8-14,21H2,2H3/b7-6-. The topological polar surface area (TPSA) is 72.5 Å². The van der Waals surface area contributed by atoms with Crippen molar-refractivity contribution in [2.24, 2.45) is 0 Å². The highest BCUT2D eigenvalue weighted by atomic mass is 16.5. The van der Waals surface area contributed by atoms with E-state index in [9.17, 15) is 10.0 Å². The first kappa shape index (κ1) is 19.1. The molecule has 1 amide bonds. The predicted octanol–water partition coefficient (Wildman–Crippen LogP) is 1.66. The summed E-state index contributed by atoms with van der Waals surface area (Å²) in [6.07, 6.45) is 10.7. The highest BCUT2D eigenvalue weighted by molar-refractivity contribution is 5.74. The molecule has 26 heavy (non-hydrogen) atoms. The quantitative estimate of drug-likeness (QED) is 0.444. The molecular weight excluding hydrogens is 330 g/mol. The Morgan fingerprint density at radius 1 is 1.27 bits per heavy atom. The first-order valence-electron chi connectivity index (χ1n) is 9.77. The van der Waals surface area contributed by atoms with Gasteiger partial charge in [0.2, 0.25) is 5.91 Å². The van der Waals surface area contributed by atoms with E-state index in [0.29, 0.717) is 25.3 Å². The van der Waals surface area contributed by atoms with Crippen LogP contribution in [0.15, 0.2) is 35.8 Å². The summed E-state index contributed by atoms with van der Waals surface area (Å²) in [5.74, 6) is 0.666. The Hall–Kier alpha value is -1.63. The molecule has 1 saturated heterocycles. The summed E-state index contributed by atoms with van der Waals surface area (Å²) >= 11 is 0. The maximum absolute atomic E-state index is 11.6. The number of carbonyl (C=O) groups is 1. The number of hydrogen-bond acceptors (Lipinski definition) is 4. The zero-order valence-electron chi connectivity index (χ0n) is 15.8. The van der Waals surface area contributed by atoms with Crippen LogP contribution in [-0.2, 0) is 9.53 Å². The summed E-state index contributed by atoms with van der Waals surface area (Å²) in [4.78, 5) is 15.9. The Bertz CT molecular complexity index is 587. The maximum atomic E-state index is 11.6. The second kappa shape index (κ2) is 8.84. The van der Waals surface area contributed by atoms with Crippen molar-refractivity contribution in [3.63, 3.8) is 0 Å². The van der Waals surface area contributed by atoms with Crippen LogP contribution in [0, 0.1) is 5.21 Å². The minimum Gasteiger partial charge on any atom is -0.631 e. The smallest absolute Gasteiger partial charge is 0.219 e. The summed E-state index contributed by atoms with van der Waals surface area (Å²) in [6.45, 7) is 8.88. The van der Waals surface area contributed by atoms with E-state index in [0.717, 1.165) is 48.7 Å². The number of nitrogens with zero attached hydrogens (tertiary/aromatic N) is 2. The second-order valence-electron chi connectivity index (χ2n) is 7.60. The molecule has 0 aromatic rings. The largest absolute Gasteiger partial charge is 0.631 e. The fourth-order valence-electron chi connectivity index (χ4n) is 3.92. The molecule has 0 atom stereocenters. The summed E-state index contributed by atoms with van der Waals surface area (Å²) in [5, 5.41) is 11.3. The molecule has 144 valence electrons. The van der Waals surface area contributed by atoms with Crippen LogP contribution in [0.3, 0.4) is 0 Å². The number of carbonyl (C=O) groups excluding carboxylic acids is 1. The van der Waals surface area contributed by atoms with Gasteiger partial charge in [-0.05, 0) is 37.8 Å². The van der Waals surface area contributed by atoms with Crippen LogP contribution in [0.1, 0.15) is 45.4 Å². The molecule has 0 bridgehead atoms. The Labute approximate surface area is 156 Å². The number of ether oxygens (including phenoxy) is 1. The molecule has 1 aliphatic carbocycles. The van der Waals surface area contributed by atoms with Crippen LogP contribution in [0.4, 0.5) is 0 Å². The third-order valence-corrected chi connectivity index (χ3v) is 5.87. The van der Waals surface area contributed by atoms with Gasteiger partial charge in [0.15, 0.2) is 0 Å². The van der Waals surface area contributed by atoms with Crippen molar-refractivity contribution in [1.29, 1.82) is 0 Å². The van der Waals surface area contributed by atoms with Crippen molar-refractivity contribution >= 4 is 5.91 Å². The number of quaternary nitrogens is 1. The molecule has 3 rings (SSSR count). The molecule has 2 heterocycles. The summed E-state index contributed by atoms with van der Waals surface area (Å²) < 4.78 is 6.01. The van der Waals surface area contributed by atoms with Crippen molar-refractivity contribution in [2.45, 2.75) is 57.6 Å². The van der Waals surface area contributed by atoms with Gasteiger partial charge < -0.3 is 25.2 Å². The van der Waals surface area contributed by atoms with Gasteiger partial charge in [-0.15, -0.1) is 0 Å². The van der Waals surface area contributed by atoms with Gasteiger partial charge in [-0.2, -0.15) is 0 Å². The van der Waals surface area contributed by atoms with E-state index in [2.05, 4.69) is 11.5 Å². The third kappa shape index (κ3) is 4.75. The first-order valence-corrected chi connectivity index (χ1v) is 9.77. The van der Waals surface area contributed by atoms with Gasteiger partial charge in [-0.3, -0.25) is 4.79 Å². The zero-order chi connectivity index (χ0) is 18.5. The number of hydroxylamine groups is 1. The minimum atomic E-state index is 0.0362.